The molecule has 0 saturated carbocycles. The SMILES string of the molecule is CC(=O)OCNC(=O)c1c(N=C=O)c(C)cc(N=C=O)c1C(F)(F)C(F)(F)C(F)(F)C(F)(F)C(F)(F)C(F)(F)C(F)(F)C(F)(F)C(F)(F)C(F)(F)C(F)(F)C(F)(F)F. The minimum Gasteiger partial charge on any atom is -0.445 e. The highest BCUT2D eigenvalue weighted by Gasteiger charge is 2.99. The molecule has 1 N–H and O–H groups in total. The van der Waals surface area contributed by atoms with Crippen LogP contribution in [0.25, 0.3) is 0 Å². The Kier molecular flexibility index (Phi) is 13.0. The lowest BCUT2D eigenvalue weighted by Crippen LogP contribution is -2.78. The van der Waals surface area contributed by atoms with Gasteiger partial charge in [-0.15, -0.1) is 0 Å². The van der Waals surface area contributed by atoms with E-state index in [-0.39, 0.29) is 12.1 Å². The highest BCUT2D eigenvalue weighted by molar-refractivity contribution is 6.03. The molecule has 0 spiro atoms. The van der Waals surface area contributed by atoms with Gasteiger partial charge < -0.3 is 10.1 Å². The van der Waals surface area contributed by atoms with Gasteiger partial charge in [0.1, 0.15) is 0 Å². The van der Waals surface area contributed by atoms with Gasteiger partial charge >= 0.3 is 77.3 Å². The Labute approximate surface area is 300 Å². The van der Waals surface area contributed by atoms with E-state index in [2.05, 4.69) is 14.7 Å². The molecule has 0 heterocycles. The van der Waals surface area contributed by atoms with Crippen LogP contribution in [0, 0.1) is 6.92 Å². The minimum absolute atomic E-state index is 0.189. The molecule has 0 radical (unpaired) electrons. The van der Waals surface area contributed by atoms with Gasteiger partial charge in [0.25, 0.3) is 5.91 Å². The maximum atomic E-state index is 15.6. The molecule has 0 bridgehead atoms. The van der Waals surface area contributed by atoms with Crippen molar-refractivity contribution in [2.75, 3.05) is 6.73 Å². The Morgan fingerprint density at radius 2 is 0.897 bits per heavy atom. The van der Waals surface area contributed by atoms with Crippen molar-refractivity contribution >= 4 is 35.4 Å². The summed E-state index contributed by atoms with van der Waals surface area (Å²) < 4.78 is 354. The van der Waals surface area contributed by atoms with Crippen molar-refractivity contribution in [2.24, 2.45) is 9.98 Å². The van der Waals surface area contributed by atoms with Crippen molar-refractivity contribution in [1.29, 1.82) is 0 Å². The van der Waals surface area contributed by atoms with Crippen LogP contribution in [0.3, 0.4) is 0 Å². The van der Waals surface area contributed by atoms with E-state index in [0.29, 0.717) is 19.9 Å². The van der Waals surface area contributed by atoms with Crippen LogP contribution in [0.5, 0.6) is 0 Å². The van der Waals surface area contributed by atoms with Crippen molar-refractivity contribution in [1.82, 2.24) is 5.32 Å². The average Bonchev–Trinajstić information content (AvgIpc) is 3.03. The number of benzene rings is 1. The van der Waals surface area contributed by atoms with Gasteiger partial charge in [-0.2, -0.15) is 120 Å². The summed E-state index contributed by atoms with van der Waals surface area (Å²) in [5.74, 6) is -106. The highest BCUT2D eigenvalue weighted by atomic mass is 19.4. The summed E-state index contributed by atoms with van der Waals surface area (Å²) in [7, 11) is 0. The van der Waals surface area contributed by atoms with E-state index in [1.807, 2.05) is 0 Å². The van der Waals surface area contributed by atoms with E-state index in [0.717, 1.165) is 5.32 Å². The Morgan fingerprint density at radius 1 is 0.569 bits per heavy atom. The Balaban J connectivity index is 4.32. The predicted octanol–water partition coefficient (Wildman–Crippen LogP) is 9.19. The van der Waals surface area contributed by atoms with Crippen LogP contribution in [0.2, 0.25) is 0 Å². The normalized spacial score (nSPS) is 14.7. The first-order chi connectivity index (χ1) is 25.4. The minimum atomic E-state index is -9.83. The number of nitrogens with zero attached hydrogens (tertiary/aromatic N) is 2. The third-order valence-electron chi connectivity index (χ3n) is 7.14. The monoisotopic (exact) mass is 907 g/mol. The van der Waals surface area contributed by atoms with Crippen LogP contribution >= 0.6 is 0 Å². The zero-order chi connectivity index (χ0) is 46.7. The topological polar surface area (TPSA) is 114 Å². The number of carbonyl (C=O) groups excluding carboxylic acids is 4. The van der Waals surface area contributed by atoms with Crippen molar-refractivity contribution in [2.45, 2.75) is 85.2 Å². The number of carbonyl (C=O) groups is 2. The quantitative estimate of drug-likeness (QED) is 0.0585. The molecular weight excluding hydrogens is 897 g/mol. The van der Waals surface area contributed by atoms with Gasteiger partial charge in [-0.1, -0.05) is 0 Å². The maximum Gasteiger partial charge on any atom is 0.460 e. The van der Waals surface area contributed by atoms with E-state index < -0.39 is 118 Å². The summed E-state index contributed by atoms with van der Waals surface area (Å²) in [6.07, 6.45) is -7.68. The largest absolute Gasteiger partial charge is 0.460 e. The molecule has 0 aliphatic rings. The second-order valence-electron chi connectivity index (χ2n) is 10.8. The lowest BCUT2D eigenvalue weighted by atomic mass is 9.82. The number of aliphatic imine (C=N–C) groups is 2. The maximum absolute atomic E-state index is 15.6. The molecule has 330 valence electrons. The van der Waals surface area contributed by atoms with Crippen molar-refractivity contribution < 1.29 is 134 Å². The Hall–Kier alpha value is -4.83. The van der Waals surface area contributed by atoms with E-state index >= 15 is 17.6 Å². The molecule has 1 amide bonds. The number of hydrogen-bond acceptors (Lipinski definition) is 7. The summed E-state index contributed by atoms with van der Waals surface area (Å²) in [5.41, 5.74) is -11.4. The molecular formula is C25H10F25N3O5. The predicted molar refractivity (Wildman–Crippen MR) is 130 cm³/mol. The van der Waals surface area contributed by atoms with E-state index in [4.69, 9.17) is 0 Å². The molecule has 0 atom stereocenters. The fourth-order valence-electron chi connectivity index (χ4n) is 4.06. The second-order valence-corrected chi connectivity index (χ2v) is 10.8. The first-order valence-corrected chi connectivity index (χ1v) is 13.4. The first kappa shape index (κ1) is 51.2. The smallest absolute Gasteiger partial charge is 0.445 e. The van der Waals surface area contributed by atoms with Crippen LogP contribution in [0.4, 0.5) is 121 Å². The standard InChI is InChI=1S/C25H10F25N3O5/c1-7-3-9(51-4-54)11(10(12(7)52-5-55)13(57)53-6-58-8(2)56)14(26,27)15(28,29)16(30,31)17(32,33)18(34,35)19(36,37)20(38,39)21(40,41)22(42,43)23(44,45)24(46,47)25(48,49)50/h3H,6H2,1-2H3,(H,53,57). The number of hydrogen-bond donors (Lipinski definition) is 1. The molecule has 0 aliphatic heterocycles. The van der Waals surface area contributed by atoms with Crippen LogP contribution in [0.15, 0.2) is 16.1 Å². The van der Waals surface area contributed by atoms with Gasteiger partial charge in [-0.05, 0) is 18.6 Å². The third kappa shape index (κ3) is 6.95. The molecule has 0 saturated heterocycles. The van der Waals surface area contributed by atoms with Crippen molar-refractivity contribution in [3.05, 3.63) is 22.8 Å². The lowest BCUT2D eigenvalue weighted by molar-refractivity contribution is -0.482. The number of alkyl halides is 25. The van der Waals surface area contributed by atoms with E-state index in [9.17, 15) is 111 Å². The number of amides is 1. The van der Waals surface area contributed by atoms with E-state index in [1.165, 1.54) is 0 Å². The molecule has 0 aromatic heterocycles. The molecule has 0 aliphatic carbocycles. The van der Waals surface area contributed by atoms with Crippen LogP contribution < -0.4 is 5.32 Å². The molecule has 8 nitrogen and oxygen atoms in total. The number of halogens is 25. The second kappa shape index (κ2) is 14.8. The van der Waals surface area contributed by atoms with Gasteiger partial charge in [0.15, 0.2) is 6.73 Å². The van der Waals surface area contributed by atoms with Crippen molar-refractivity contribution in [3.8, 4) is 0 Å². The summed E-state index contributed by atoms with van der Waals surface area (Å²) in [6, 6.07) is -0.289. The van der Waals surface area contributed by atoms with Gasteiger partial charge in [0.2, 0.25) is 12.2 Å². The molecule has 0 unspecified atom stereocenters. The van der Waals surface area contributed by atoms with Crippen molar-refractivity contribution in [3.63, 3.8) is 0 Å². The van der Waals surface area contributed by atoms with Gasteiger partial charge in [0.05, 0.1) is 22.5 Å². The fraction of sp³-hybridized carbons (Fsp3) is 0.600. The van der Waals surface area contributed by atoms with Crippen LogP contribution in [0.1, 0.15) is 28.4 Å². The van der Waals surface area contributed by atoms with Gasteiger partial charge in [-0.3, -0.25) is 9.59 Å². The number of rotatable bonds is 16. The lowest BCUT2D eigenvalue weighted by Gasteiger charge is -2.45. The summed E-state index contributed by atoms with van der Waals surface area (Å²) in [4.78, 5) is 50.0. The molecule has 1 aromatic carbocycles. The molecule has 1 aromatic rings. The molecule has 0 fully saturated rings. The van der Waals surface area contributed by atoms with Crippen LogP contribution in [-0.4, -0.2) is 96.2 Å². The van der Waals surface area contributed by atoms with Gasteiger partial charge in [0, 0.05) is 6.92 Å². The number of aryl methyl sites for hydroxylation is 1. The fourth-order valence-corrected chi connectivity index (χ4v) is 4.06. The third-order valence-corrected chi connectivity index (χ3v) is 7.14. The number of esters is 1. The zero-order valence-corrected chi connectivity index (χ0v) is 26.7. The Bertz CT molecular complexity index is 1880. The molecule has 58 heavy (non-hydrogen) atoms. The summed E-state index contributed by atoms with van der Waals surface area (Å²) in [5, 5.41) is 1.15. The molecule has 1 rings (SSSR count). The number of nitrogens with one attached hydrogen (secondary N) is 1. The molecule has 33 heteroatoms. The summed E-state index contributed by atoms with van der Waals surface area (Å²) >= 11 is 0. The average molecular weight is 907 g/mol. The zero-order valence-electron chi connectivity index (χ0n) is 26.7. The number of ether oxygens (including phenoxy) is 1. The van der Waals surface area contributed by atoms with Crippen LogP contribution in [-0.2, 0) is 25.0 Å². The first-order valence-electron chi connectivity index (χ1n) is 13.4. The highest BCUT2D eigenvalue weighted by Crippen LogP contribution is 2.68. The number of isocyanates is 2. The van der Waals surface area contributed by atoms with Gasteiger partial charge in [-0.25, -0.2) is 9.59 Å². The Morgan fingerprint density at radius 3 is 1.21 bits per heavy atom. The van der Waals surface area contributed by atoms with E-state index in [1.54, 1.807) is 0 Å². The summed E-state index contributed by atoms with van der Waals surface area (Å²) in [6.45, 7) is -0.592.